The van der Waals surface area contributed by atoms with E-state index in [0.29, 0.717) is 12.0 Å². The van der Waals surface area contributed by atoms with Crippen molar-refractivity contribution in [3.8, 4) is 0 Å². The van der Waals surface area contributed by atoms with Gasteiger partial charge in [-0.1, -0.05) is 25.7 Å². The Morgan fingerprint density at radius 2 is 1.67 bits per heavy atom. The van der Waals surface area contributed by atoms with Crippen molar-refractivity contribution in [2.75, 3.05) is 6.61 Å². The van der Waals surface area contributed by atoms with Crippen LogP contribution in [0, 0.1) is 11.3 Å². The Bertz CT molecular complexity index is 143. The summed E-state index contributed by atoms with van der Waals surface area (Å²) < 4.78 is 0. The summed E-state index contributed by atoms with van der Waals surface area (Å²) in [6.07, 6.45) is 10.9. The largest absolute Gasteiger partial charge is 0.396 e. The molecule has 1 heteroatoms. The standard InChI is InChI=1S/C11H20O/c12-9-11-6-1-3-10(5-8-11)4-2-7-11/h10,12H,1-9H2. The summed E-state index contributed by atoms with van der Waals surface area (Å²) in [6, 6.07) is 0. The monoisotopic (exact) mass is 168 g/mol. The van der Waals surface area contributed by atoms with E-state index in [1.807, 2.05) is 0 Å². The van der Waals surface area contributed by atoms with Crippen molar-refractivity contribution in [1.82, 2.24) is 0 Å². The first-order valence-corrected chi connectivity index (χ1v) is 5.46. The Kier molecular flexibility index (Phi) is 2.40. The van der Waals surface area contributed by atoms with Crippen molar-refractivity contribution in [1.29, 1.82) is 0 Å². The lowest BCUT2D eigenvalue weighted by atomic mass is 9.78. The van der Waals surface area contributed by atoms with Gasteiger partial charge in [-0.15, -0.1) is 0 Å². The van der Waals surface area contributed by atoms with Gasteiger partial charge in [0.25, 0.3) is 0 Å². The first kappa shape index (κ1) is 8.55. The lowest BCUT2D eigenvalue weighted by Crippen LogP contribution is -2.24. The average Bonchev–Trinajstić information content (AvgIpc) is 2.35. The van der Waals surface area contributed by atoms with Crippen molar-refractivity contribution < 1.29 is 5.11 Å². The second-order valence-electron chi connectivity index (χ2n) is 4.85. The Morgan fingerprint density at radius 3 is 2.25 bits per heavy atom. The van der Waals surface area contributed by atoms with Crippen LogP contribution in [0.25, 0.3) is 0 Å². The maximum atomic E-state index is 9.42. The van der Waals surface area contributed by atoms with Gasteiger partial charge in [-0.05, 0) is 37.0 Å². The zero-order chi connectivity index (χ0) is 8.44. The van der Waals surface area contributed by atoms with E-state index >= 15 is 0 Å². The summed E-state index contributed by atoms with van der Waals surface area (Å²) in [5, 5.41) is 9.42. The summed E-state index contributed by atoms with van der Waals surface area (Å²) in [4.78, 5) is 0. The molecule has 2 bridgehead atoms. The topological polar surface area (TPSA) is 20.2 Å². The minimum absolute atomic E-state index is 0.352. The van der Waals surface area contributed by atoms with Gasteiger partial charge < -0.3 is 5.11 Å². The first-order valence-electron chi connectivity index (χ1n) is 5.46. The van der Waals surface area contributed by atoms with Gasteiger partial charge in [-0.3, -0.25) is 0 Å². The average molecular weight is 168 g/mol. The van der Waals surface area contributed by atoms with E-state index in [1.165, 1.54) is 51.4 Å². The van der Waals surface area contributed by atoms with Gasteiger partial charge >= 0.3 is 0 Å². The quantitative estimate of drug-likeness (QED) is 0.638. The van der Waals surface area contributed by atoms with Crippen molar-refractivity contribution in [2.24, 2.45) is 11.3 Å². The van der Waals surface area contributed by atoms with Crippen LogP contribution in [-0.4, -0.2) is 11.7 Å². The third kappa shape index (κ3) is 1.52. The predicted octanol–water partition coefficient (Wildman–Crippen LogP) is 2.73. The number of aliphatic hydroxyl groups excluding tert-OH is 1. The van der Waals surface area contributed by atoms with Gasteiger partial charge in [0.1, 0.15) is 0 Å². The molecule has 2 fully saturated rings. The molecule has 0 aromatic carbocycles. The van der Waals surface area contributed by atoms with Gasteiger partial charge in [0.05, 0.1) is 0 Å². The highest BCUT2D eigenvalue weighted by Gasteiger charge is 2.34. The Morgan fingerprint density at radius 1 is 1.00 bits per heavy atom. The first-order chi connectivity index (χ1) is 5.85. The van der Waals surface area contributed by atoms with Crippen LogP contribution in [0.1, 0.15) is 51.4 Å². The highest BCUT2D eigenvalue weighted by Crippen LogP contribution is 2.45. The van der Waals surface area contributed by atoms with Gasteiger partial charge in [0.2, 0.25) is 0 Å². The highest BCUT2D eigenvalue weighted by molar-refractivity contribution is 4.86. The Balaban J connectivity index is 2.11. The minimum atomic E-state index is 0.352. The van der Waals surface area contributed by atoms with Crippen molar-refractivity contribution in [2.45, 2.75) is 51.4 Å². The Hall–Kier alpha value is -0.0400. The summed E-state index contributed by atoms with van der Waals surface area (Å²) in [5.41, 5.74) is 0.352. The second kappa shape index (κ2) is 3.37. The van der Waals surface area contributed by atoms with Crippen LogP contribution < -0.4 is 0 Å². The SMILES string of the molecule is OCC12CCCC(CCC1)CC2. The van der Waals surface area contributed by atoms with Crippen molar-refractivity contribution in [3.05, 3.63) is 0 Å². The van der Waals surface area contributed by atoms with Crippen LogP contribution in [-0.2, 0) is 0 Å². The smallest absolute Gasteiger partial charge is 0.0487 e. The highest BCUT2D eigenvalue weighted by atomic mass is 16.3. The molecule has 0 unspecified atom stereocenters. The molecule has 2 aliphatic carbocycles. The van der Waals surface area contributed by atoms with E-state index in [-0.39, 0.29) is 0 Å². The Labute approximate surface area is 75.2 Å². The fraction of sp³-hybridized carbons (Fsp3) is 1.00. The second-order valence-corrected chi connectivity index (χ2v) is 4.85. The normalized spacial score (nSPS) is 42.2. The van der Waals surface area contributed by atoms with Gasteiger partial charge in [-0.2, -0.15) is 0 Å². The molecule has 0 atom stereocenters. The molecule has 12 heavy (non-hydrogen) atoms. The molecule has 0 aromatic rings. The summed E-state index contributed by atoms with van der Waals surface area (Å²) >= 11 is 0. The third-order valence-electron chi connectivity index (χ3n) is 4.06. The van der Waals surface area contributed by atoms with Gasteiger partial charge in [0.15, 0.2) is 0 Å². The van der Waals surface area contributed by atoms with Crippen LogP contribution in [0.5, 0.6) is 0 Å². The van der Waals surface area contributed by atoms with E-state index in [4.69, 9.17) is 0 Å². The van der Waals surface area contributed by atoms with Crippen LogP contribution in [0.4, 0.5) is 0 Å². The number of fused-ring (bicyclic) bond motifs is 3. The van der Waals surface area contributed by atoms with E-state index < -0.39 is 0 Å². The molecule has 0 aromatic heterocycles. The zero-order valence-electron chi connectivity index (χ0n) is 7.89. The molecule has 0 radical (unpaired) electrons. The number of hydrogen-bond donors (Lipinski definition) is 1. The number of aliphatic hydroxyl groups is 1. The fourth-order valence-electron chi connectivity index (χ4n) is 3.09. The lowest BCUT2D eigenvalue weighted by Gasteiger charge is -2.29. The predicted molar refractivity (Wildman–Crippen MR) is 49.9 cm³/mol. The van der Waals surface area contributed by atoms with Crippen LogP contribution in [0.15, 0.2) is 0 Å². The molecular formula is C11H20O. The van der Waals surface area contributed by atoms with Crippen molar-refractivity contribution >= 4 is 0 Å². The number of hydrogen-bond acceptors (Lipinski definition) is 1. The van der Waals surface area contributed by atoms with Crippen LogP contribution in [0.2, 0.25) is 0 Å². The summed E-state index contributed by atoms with van der Waals surface area (Å²) in [5.74, 6) is 1.00. The summed E-state index contributed by atoms with van der Waals surface area (Å²) in [7, 11) is 0. The third-order valence-corrected chi connectivity index (χ3v) is 4.06. The molecule has 1 nitrogen and oxygen atoms in total. The molecule has 0 aliphatic heterocycles. The van der Waals surface area contributed by atoms with E-state index in [2.05, 4.69) is 0 Å². The molecule has 0 spiro atoms. The molecule has 0 saturated heterocycles. The molecule has 0 heterocycles. The van der Waals surface area contributed by atoms with Gasteiger partial charge in [-0.25, -0.2) is 0 Å². The zero-order valence-corrected chi connectivity index (χ0v) is 7.89. The molecule has 2 saturated carbocycles. The molecule has 70 valence electrons. The van der Waals surface area contributed by atoms with E-state index in [1.54, 1.807) is 0 Å². The lowest BCUT2D eigenvalue weighted by molar-refractivity contribution is 0.0984. The van der Waals surface area contributed by atoms with Crippen molar-refractivity contribution in [3.63, 3.8) is 0 Å². The van der Waals surface area contributed by atoms with Crippen LogP contribution in [0.3, 0.4) is 0 Å². The van der Waals surface area contributed by atoms with E-state index in [0.717, 1.165) is 5.92 Å². The molecule has 2 rings (SSSR count). The van der Waals surface area contributed by atoms with Crippen LogP contribution >= 0.6 is 0 Å². The van der Waals surface area contributed by atoms with Gasteiger partial charge in [0, 0.05) is 6.61 Å². The molecular weight excluding hydrogens is 148 g/mol. The minimum Gasteiger partial charge on any atom is -0.396 e. The maximum Gasteiger partial charge on any atom is 0.0487 e. The fourth-order valence-corrected chi connectivity index (χ4v) is 3.09. The maximum absolute atomic E-state index is 9.42. The molecule has 0 amide bonds. The number of rotatable bonds is 1. The van der Waals surface area contributed by atoms with E-state index in [9.17, 15) is 5.11 Å². The summed E-state index contributed by atoms with van der Waals surface area (Å²) in [6.45, 7) is 0.444. The molecule has 1 N–H and O–H groups in total. The molecule has 2 aliphatic rings.